The molecule has 7 nitrogen and oxygen atoms in total. The number of aromatic nitrogens is 1. The highest BCUT2D eigenvalue weighted by atomic mass is 32.1. The monoisotopic (exact) mass is 482 g/mol. The summed E-state index contributed by atoms with van der Waals surface area (Å²) in [6.45, 7) is 4.73. The minimum atomic E-state index is -0.450. The molecule has 0 unspecified atom stereocenters. The summed E-state index contributed by atoms with van der Waals surface area (Å²) in [7, 11) is 3.14. The maximum atomic E-state index is 13.6. The molecule has 2 aromatic carbocycles. The van der Waals surface area contributed by atoms with E-state index in [-0.39, 0.29) is 24.1 Å². The van der Waals surface area contributed by atoms with E-state index >= 15 is 0 Å². The van der Waals surface area contributed by atoms with Crippen LogP contribution in [0.5, 0.6) is 11.5 Å². The van der Waals surface area contributed by atoms with Crippen molar-refractivity contribution in [3.8, 4) is 11.5 Å². The highest BCUT2D eigenvalue weighted by Gasteiger charge is 2.21. The lowest BCUT2D eigenvalue weighted by Crippen LogP contribution is -2.32. The summed E-state index contributed by atoms with van der Waals surface area (Å²) in [6.07, 6.45) is 1.63. The second-order valence-corrected chi connectivity index (χ2v) is 8.54. The molecule has 0 fully saturated rings. The van der Waals surface area contributed by atoms with Crippen molar-refractivity contribution in [2.75, 3.05) is 27.4 Å². The Bertz CT molecular complexity index is 1090. The van der Waals surface area contributed by atoms with Crippen molar-refractivity contribution in [2.45, 2.75) is 33.2 Å². The van der Waals surface area contributed by atoms with Crippen LogP contribution in [0.3, 0.4) is 0 Å². The van der Waals surface area contributed by atoms with Gasteiger partial charge in [0.15, 0.2) is 0 Å². The van der Waals surface area contributed by atoms with Crippen molar-refractivity contribution in [3.05, 3.63) is 75.2 Å². The lowest BCUT2D eigenvalue weighted by atomic mass is 10.1. The van der Waals surface area contributed by atoms with E-state index in [1.165, 1.54) is 16.9 Å². The molecule has 0 bridgehead atoms. The van der Waals surface area contributed by atoms with Gasteiger partial charge >= 0.3 is 5.97 Å². The van der Waals surface area contributed by atoms with E-state index in [1.807, 2.05) is 25.1 Å². The van der Waals surface area contributed by atoms with Crippen LogP contribution in [0.15, 0.2) is 47.8 Å². The molecular weight excluding hydrogens is 452 g/mol. The van der Waals surface area contributed by atoms with E-state index in [0.29, 0.717) is 29.3 Å². The molecule has 180 valence electrons. The molecule has 0 aliphatic carbocycles. The number of amides is 1. The number of hydrogen-bond donors (Lipinski definition) is 0. The fraction of sp³-hybridized carbons (Fsp3) is 0.346. The van der Waals surface area contributed by atoms with Crippen LogP contribution in [0.1, 0.15) is 50.3 Å². The van der Waals surface area contributed by atoms with Crippen molar-refractivity contribution < 1.29 is 23.8 Å². The van der Waals surface area contributed by atoms with Gasteiger partial charge in [0.1, 0.15) is 11.5 Å². The van der Waals surface area contributed by atoms with E-state index < -0.39 is 5.97 Å². The molecule has 0 spiro atoms. The molecule has 1 heterocycles. The molecule has 0 saturated heterocycles. The van der Waals surface area contributed by atoms with Crippen LogP contribution in [-0.2, 0) is 17.7 Å². The fourth-order valence-corrected chi connectivity index (χ4v) is 4.33. The van der Waals surface area contributed by atoms with Crippen LogP contribution in [0.4, 0.5) is 0 Å². The Morgan fingerprint density at radius 1 is 1.06 bits per heavy atom. The van der Waals surface area contributed by atoms with Gasteiger partial charge in [-0.25, -0.2) is 9.78 Å². The quantitative estimate of drug-likeness (QED) is 0.361. The number of hydrogen-bond acceptors (Lipinski definition) is 7. The molecule has 0 saturated carbocycles. The Balaban J connectivity index is 1.83. The van der Waals surface area contributed by atoms with E-state index in [9.17, 15) is 9.59 Å². The normalized spacial score (nSPS) is 10.6. The standard InChI is InChI=1S/C26H30N2O5S/c1-5-33-26(30)24-27-21(17-34-24)16-28(13-9-12-19-10-7-6-8-11-19)25(29)20-14-22(31-3)18(2)23(15-20)32-4/h6-8,10-11,14-15,17H,5,9,12-13,16H2,1-4H3. The van der Waals surface area contributed by atoms with Gasteiger partial charge in [0, 0.05) is 23.1 Å². The summed E-state index contributed by atoms with van der Waals surface area (Å²) < 4.78 is 16.0. The molecule has 0 aliphatic heterocycles. The van der Waals surface area contributed by atoms with Crippen LogP contribution in [0, 0.1) is 6.92 Å². The first kappa shape index (κ1) is 25.2. The molecule has 0 N–H and O–H groups in total. The van der Waals surface area contributed by atoms with Gasteiger partial charge in [0.05, 0.1) is 33.1 Å². The van der Waals surface area contributed by atoms with Crippen molar-refractivity contribution in [2.24, 2.45) is 0 Å². The Hall–Kier alpha value is -3.39. The molecular formula is C26H30N2O5S. The minimum absolute atomic E-state index is 0.157. The number of benzene rings is 2. The summed E-state index contributed by atoms with van der Waals surface area (Å²) in [5.41, 5.74) is 3.16. The van der Waals surface area contributed by atoms with Gasteiger partial charge in [0.2, 0.25) is 5.01 Å². The average Bonchev–Trinajstić information content (AvgIpc) is 3.33. The first-order valence-electron chi connectivity index (χ1n) is 11.1. The van der Waals surface area contributed by atoms with Crippen LogP contribution < -0.4 is 9.47 Å². The Morgan fingerprint density at radius 2 is 1.74 bits per heavy atom. The number of methoxy groups -OCH3 is 2. The second-order valence-electron chi connectivity index (χ2n) is 7.69. The third-order valence-corrected chi connectivity index (χ3v) is 6.25. The highest BCUT2D eigenvalue weighted by Crippen LogP contribution is 2.30. The number of thiazole rings is 1. The van der Waals surface area contributed by atoms with E-state index in [0.717, 1.165) is 18.4 Å². The fourth-order valence-electron chi connectivity index (χ4n) is 3.63. The van der Waals surface area contributed by atoms with Gasteiger partial charge < -0.3 is 19.1 Å². The van der Waals surface area contributed by atoms with E-state index in [4.69, 9.17) is 14.2 Å². The second kappa shape index (κ2) is 12.2. The van der Waals surface area contributed by atoms with Gasteiger partial charge in [-0.2, -0.15) is 0 Å². The summed E-state index contributed by atoms with van der Waals surface area (Å²) in [6, 6.07) is 13.6. The first-order valence-corrected chi connectivity index (χ1v) is 12.0. The van der Waals surface area contributed by atoms with Crippen molar-refractivity contribution in [3.63, 3.8) is 0 Å². The number of nitrogens with zero attached hydrogens (tertiary/aromatic N) is 2. The first-order chi connectivity index (χ1) is 16.5. The van der Waals surface area contributed by atoms with E-state index in [1.54, 1.807) is 43.6 Å². The molecule has 1 aromatic heterocycles. The Kier molecular flexibility index (Phi) is 9.04. The van der Waals surface area contributed by atoms with E-state index in [2.05, 4.69) is 17.1 Å². The molecule has 3 aromatic rings. The molecule has 0 radical (unpaired) electrons. The maximum absolute atomic E-state index is 13.6. The molecule has 1 amide bonds. The predicted molar refractivity (Wildman–Crippen MR) is 132 cm³/mol. The largest absolute Gasteiger partial charge is 0.496 e. The van der Waals surface area contributed by atoms with Gasteiger partial charge in [0.25, 0.3) is 5.91 Å². The minimum Gasteiger partial charge on any atom is -0.496 e. The summed E-state index contributed by atoms with van der Waals surface area (Å²) in [5, 5.41) is 2.08. The van der Waals surface area contributed by atoms with Gasteiger partial charge in [-0.3, -0.25) is 4.79 Å². The van der Waals surface area contributed by atoms with Crippen molar-refractivity contribution in [1.82, 2.24) is 9.88 Å². The number of ether oxygens (including phenoxy) is 3. The SMILES string of the molecule is CCOC(=O)c1nc(CN(CCCc2ccccc2)C(=O)c2cc(OC)c(C)c(OC)c2)cs1. The molecule has 8 heteroatoms. The topological polar surface area (TPSA) is 78.0 Å². The van der Waals surface area contributed by atoms with Gasteiger partial charge in [-0.1, -0.05) is 30.3 Å². The number of carbonyl (C=O) groups excluding carboxylic acids is 2. The number of carbonyl (C=O) groups is 2. The highest BCUT2D eigenvalue weighted by molar-refractivity contribution is 7.11. The lowest BCUT2D eigenvalue weighted by molar-refractivity contribution is 0.0525. The summed E-state index contributed by atoms with van der Waals surface area (Å²) in [4.78, 5) is 31.7. The lowest BCUT2D eigenvalue weighted by Gasteiger charge is -2.23. The Labute approximate surface area is 204 Å². The van der Waals surface area contributed by atoms with Crippen molar-refractivity contribution >= 4 is 23.2 Å². The third kappa shape index (κ3) is 6.35. The van der Waals surface area contributed by atoms with Gasteiger partial charge in [-0.05, 0) is 44.4 Å². The molecule has 34 heavy (non-hydrogen) atoms. The maximum Gasteiger partial charge on any atom is 0.367 e. The molecule has 3 rings (SSSR count). The molecule has 0 aliphatic rings. The van der Waals surface area contributed by atoms with Crippen molar-refractivity contribution in [1.29, 1.82) is 0 Å². The number of esters is 1. The summed E-state index contributed by atoms with van der Waals surface area (Å²) >= 11 is 1.22. The smallest absolute Gasteiger partial charge is 0.367 e. The van der Waals surface area contributed by atoms with Crippen LogP contribution in [-0.4, -0.2) is 49.1 Å². The zero-order valence-corrected chi connectivity index (χ0v) is 20.8. The Morgan fingerprint density at radius 3 is 2.35 bits per heavy atom. The van der Waals surface area contributed by atoms with Gasteiger partial charge in [-0.15, -0.1) is 11.3 Å². The van der Waals surface area contributed by atoms with Crippen LogP contribution in [0.2, 0.25) is 0 Å². The average molecular weight is 483 g/mol. The predicted octanol–water partition coefficient (Wildman–Crippen LogP) is 4.92. The summed E-state index contributed by atoms with van der Waals surface area (Å²) in [5.74, 6) is 0.569. The van der Waals surface area contributed by atoms with Crippen LogP contribution >= 0.6 is 11.3 Å². The third-order valence-electron chi connectivity index (χ3n) is 5.38. The van der Waals surface area contributed by atoms with Crippen LogP contribution in [0.25, 0.3) is 0 Å². The number of rotatable bonds is 11. The molecule has 0 atom stereocenters. The number of aryl methyl sites for hydroxylation is 1. The zero-order valence-electron chi connectivity index (χ0n) is 20.0. The zero-order chi connectivity index (χ0) is 24.5.